The van der Waals surface area contributed by atoms with Gasteiger partial charge in [0.1, 0.15) is 6.10 Å². The summed E-state index contributed by atoms with van der Waals surface area (Å²) in [7, 11) is 0. The summed E-state index contributed by atoms with van der Waals surface area (Å²) in [5.74, 6) is 1.43. The third kappa shape index (κ3) is 3.28. The molecule has 5 heteroatoms. The Balaban J connectivity index is 1.41. The van der Waals surface area contributed by atoms with Crippen molar-refractivity contribution < 1.29 is 24.5 Å². The van der Waals surface area contributed by atoms with E-state index in [-0.39, 0.29) is 36.4 Å². The highest BCUT2D eigenvalue weighted by molar-refractivity contribution is 5.76. The van der Waals surface area contributed by atoms with Gasteiger partial charge in [-0.1, -0.05) is 13.8 Å². The van der Waals surface area contributed by atoms with Crippen LogP contribution in [0.3, 0.4) is 0 Å². The highest BCUT2D eigenvalue weighted by Crippen LogP contribution is 2.66. The summed E-state index contributed by atoms with van der Waals surface area (Å²) in [6.45, 7) is 4.80. The van der Waals surface area contributed by atoms with E-state index in [4.69, 9.17) is 9.84 Å². The molecular weight excluding hydrogens is 356 g/mol. The molecular formula is C23H36O5. The van der Waals surface area contributed by atoms with Crippen molar-refractivity contribution in [2.45, 2.75) is 96.7 Å². The Kier molecular flexibility index (Phi) is 5.26. The lowest BCUT2D eigenvalue weighted by Gasteiger charge is -2.60. The zero-order valence-corrected chi connectivity index (χ0v) is 17.4. The van der Waals surface area contributed by atoms with Crippen LogP contribution in [-0.2, 0) is 14.3 Å². The number of fused-ring (bicyclic) bond motifs is 5. The molecule has 5 nitrogen and oxygen atoms in total. The normalized spacial score (nSPS) is 47.5. The second-order valence-corrected chi connectivity index (χ2v) is 10.6. The number of esters is 1. The summed E-state index contributed by atoms with van der Waals surface area (Å²) in [6, 6.07) is 0. The monoisotopic (exact) mass is 392 g/mol. The first-order valence-corrected chi connectivity index (χ1v) is 11.3. The molecule has 4 aliphatic carbocycles. The largest absolute Gasteiger partial charge is 0.481 e. The number of ether oxygens (including phenoxy) is 1. The van der Waals surface area contributed by atoms with Crippen molar-refractivity contribution in [3.05, 3.63) is 0 Å². The van der Waals surface area contributed by atoms with Crippen LogP contribution in [0.1, 0.15) is 84.5 Å². The quantitative estimate of drug-likeness (QED) is 0.702. The van der Waals surface area contributed by atoms with E-state index in [1.165, 1.54) is 25.7 Å². The molecule has 4 saturated carbocycles. The van der Waals surface area contributed by atoms with Gasteiger partial charge in [0.2, 0.25) is 0 Å². The van der Waals surface area contributed by atoms with Crippen molar-refractivity contribution in [1.82, 2.24) is 0 Å². The number of carboxylic acids is 1. The van der Waals surface area contributed by atoms with E-state index in [1.54, 1.807) is 0 Å². The summed E-state index contributed by atoms with van der Waals surface area (Å²) < 4.78 is 5.64. The van der Waals surface area contributed by atoms with Gasteiger partial charge in [0, 0.05) is 0 Å². The van der Waals surface area contributed by atoms with Crippen LogP contribution in [0.5, 0.6) is 0 Å². The minimum Gasteiger partial charge on any atom is -0.481 e. The first-order chi connectivity index (χ1) is 13.2. The molecule has 4 fully saturated rings. The highest BCUT2D eigenvalue weighted by Gasteiger charge is 2.60. The van der Waals surface area contributed by atoms with Crippen LogP contribution in [0.15, 0.2) is 0 Å². The number of hydrogen-bond acceptors (Lipinski definition) is 4. The maximum absolute atomic E-state index is 12.0. The lowest BCUT2D eigenvalue weighted by molar-refractivity contribution is -0.164. The number of aliphatic carboxylic acids is 1. The van der Waals surface area contributed by atoms with Crippen LogP contribution in [0.25, 0.3) is 0 Å². The second-order valence-electron chi connectivity index (χ2n) is 10.6. The Bertz CT molecular complexity index is 632. The van der Waals surface area contributed by atoms with Crippen molar-refractivity contribution in [3.63, 3.8) is 0 Å². The molecule has 0 amide bonds. The van der Waals surface area contributed by atoms with Crippen LogP contribution in [0.4, 0.5) is 0 Å². The number of hydrogen-bond donors (Lipinski definition) is 2. The van der Waals surface area contributed by atoms with E-state index >= 15 is 0 Å². The van der Waals surface area contributed by atoms with Crippen molar-refractivity contribution in [2.24, 2.45) is 34.5 Å². The molecule has 0 aromatic carbocycles. The standard InChI is InChI=1S/C23H36O5/c1-22-11-9-15(28-21(27)8-7-20(25)26)13-14(22)3-4-16-17-5-6-19(24)23(17,2)12-10-18(16)22/h14-19,24H,3-13H2,1-2H3,(H,25,26)/t14-,15-,16-,17-,18-,19-,22-,23-/m0/s1. The second kappa shape index (κ2) is 7.30. The molecule has 0 radical (unpaired) electrons. The molecule has 2 N–H and O–H groups in total. The molecule has 0 bridgehead atoms. The molecule has 0 aliphatic heterocycles. The molecule has 0 spiro atoms. The Morgan fingerprint density at radius 2 is 1.64 bits per heavy atom. The Labute approximate surface area is 168 Å². The number of carbonyl (C=O) groups excluding carboxylic acids is 1. The molecule has 8 atom stereocenters. The highest BCUT2D eigenvalue weighted by atomic mass is 16.5. The average molecular weight is 393 g/mol. The summed E-state index contributed by atoms with van der Waals surface area (Å²) >= 11 is 0. The van der Waals surface area contributed by atoms with Gasteiger partial charge in [-0.2, -0.15) is 0 Å². The van der Waals surface area contributed by atoms with Gasteiger partial charge in [-0.05, 0) is 92.3 Å². The molecule has 0 aromatic heterocycles. The van der Waals surface area contributed by atoms with Gasteiger partial charge in [-0.25, -0.2) is 0 Å². The molecule has 0 heterocycles. The van der Waals surface area contributed by atoms with Crippen LogP contribution in [0.2, 0.25) is 0 Å². The molecule has 4 aliphatic rings. The molecule has 28 heavy (non-hydrogen) atoms. The predicted octanol–water partition coefficient (Wildman–Crippen LogP) is 4.17. The molecule has 0 unspecified atom stereocenters. The predicted molar refractivity (Wildman–Crippen MR) is 104 cm³/mol. The minimum atomic E-state index is -0.951. The number of carboxylic acid groups (broad SMARTS) is 1. The Hall–Kier alpha value is -1.10. The molecule has 0 saturated heterocycles. The van der Waals surface area contributed by atoms with Crippen molar-refractivity contribution in [3.8, 4) is 0 Å². The maximum Gasteiger partial charge on any atom is 0.306 e. The lowest BCUT2D eigenvalue weighted by Crippen LogP contribution is -2.54. The Morgan fingerprint density at radius 1 is 0.929 bits per heavy atom. The zero-order chi connectivity index (χ0) is 20.1. The van der Waals surface area contributed by atoms with Gasteiger partial charge >= 0.3 is 11.9 Å². The van der Waals surface area contributed by atoms with Crippen LogP contribution >= 0.6 is 0 Å². The molecule has 158 valence electrons. The van der Waals surface area contributed by atoms with Crippen LogP contribution in [-0.4, -0.2) is 34.4 Å². The van der Waals surface area contributed by atoms with E-state index in [9.17, 15) is 14.7 Å². The van der Waals surface area contributed by atoms with Gasteiger partial charge < -0.3 is 14.9 Å². The van der Waals surface area contributed by atoms with E-state index in [1.807, 2.05) is 0 Å². The van der Waals surface area contributed by atoms with E-state index in [2.05, 4.69) is 13.8 Å². The summed E-state index contributed by atoms with van der Waals surface area (Å²) in [6.07, 6.45) is 9.57. The van der Waals surface area contributed by atoms with E-state index in [0.29, 0.717) is 17.3 Å². The maximum atomic E-state index is 12.0. The first-order valence-electron chi connectivity index (χ1n) is 11.3. The first kappa shape index (κ1) is 20.2. The summed E-state index contributed by atoms with van der Waals surface area (Å²) in [4.78, 5) is 22.6. The van der Waals surface area contributed by atoms with Crippen molar-refractivity contribution >= 4 is 11.9 Å². The lowest BCUT2D eigenvalue weighted by atomic mass is 9.45. The fourth-order valence-electron chi connectivity index (χ4n) is 7.75. The van der Waals surface area contributed by atoms with Gasteiger partial charge in [0.05, 0.1) is 18.9 Å². The fourth-order valence-corrected chi connectivity index (χ4v) is 7.75. The SMILES string of the molecule is C[C@]12CC[C@H](OC(=O)CCC(=O)O)C[C@@H]1CC[C@@H]1[C@@H]2CC[C@]2(C)[C@@H](O)CC[C@@H]12. The smallest absolute Gasteiger partial charge is 0.306 e. The number of carbonyl (C=O) groups is 2. The Morgan fingerprint density at radius 3 is 2.39 bits per heavy atom. The van der Waals surface area contributed by atoms with Gasteiger partial charge in [0.15, 0.2) is 0 Å². The number of aliphatic hydroxyl groups is 1. The fraction of sp³-hybridized carbons (Fsp3) is 0.913. The third-order valence-corrected chi connectivity index (χ3v) is 9.41. The third-order valence-electron chi connectivity index (χ3n) is 9.41. The average Bonchev–Trinajstić information content (AvgIpc) is 2.95. The van der Waals surface area contributed by atoms with Gasteiger partial charge in [-0.15, -0.1) is 0 Å². The van der Waals surface area contributed by atoms with Crippen molar-refractivity contribution in [1.29, 1.82) is 0 Å². The summed E-state index contributed by atoms with van der Waals surface area (Å²) in [5, 5.41) is 19.3. The molecule has 4 rings (SSSR count). The van der Waals surface area contributed by atoms with Crippen LogP contribution in [0, 0.1) is 34.5 Å². The summed E-state index contributed by atoms with van der Waals surface area (Å²) in [5.41, 5.74) is 0.447. The van der Waals surface area contributed by atoms with Crippen LogP contribution < -0.4 is 0 Å². The van der Waals surface area contributed by atoms with Gasteiger partial charge in [-0.3, -0.25) is 9.59 Å². The number of aliphatic hydroxyl groups excluding tert-OH is 1. The molecule has 0 aromatic rings. The number of rotatable bonds is 4. The minimum absolute atomic E-state index is 0.0267. The van der Waals surface area contributed by atoms with Gasteiger partial charge in [0.25, 0.3) is 0 Å². The van der Waals surface area contributed by atoms with E-state index in [0.717, 1.165) is 43.9 Å². The van der Waals surface area contributed by atoms with E-state index < -0.39 is 5.97 Å². The van der Waals surface area contributed by atoms with Crippen molar-refractivity contribution in [2.75, 3.05) is 0 Å². The zero-order valence-electron chi connectivity index (χ0n) is 17.4. The topological polar surface area (TPSA) is 83.8 Å².